The summed E-state index contributed by atoms with van der Waals surface area (Å²) in [7, 11) is 0. The van der Waals surface area contributed by atoms with Crippen LogP contribution in [0.5, 0.6) is 11.5 Å². The molecule has 3 amide bonds. The molecule has 1 N–H and O–H groups in total. The molecule has 0 unspecified atom stereocenters. The molecular formula is C28H25N3O7S. The van der Waals surface area contributed by atoms with E-state index in [0.717, 1.165) is 22.2 Å². The third-order valence-electron chi connectivity index (χ3n) is 5.73. The van der Waals surface area contributed by atoms with Crippen molar-refractivity contribution in [2.45, 2.75) is 20.4 Å². The molecule has 39 heavy (non-hydrogen) atoms. The van der Waals surface area contributed by atoms with Crippen molar-refractivity contribution in [1.29, 1.82) is 0 Å². The molecule has 4 rings (SSSR count). The van der Waals surface area contributed by atoms with Crippen molar-refractivity contribution < 1.29 is 28.8 Å². The fraction of sp³-hybridized carbons (Fsp3) is 0.179. The number of hydrogen-bond donors (Lipinski definition) is 1. The summed E-state index contributed by atoms with van der Waals surface area (Å²) in [5.74, 6) is -0.162. The molecule has 0 atom stereocenters. The molecule has 0 aliphatic carbocycles. The Morgan fingerprint density at radius 3 is 2.54 bits per heavy atom. The van der Waals surface area contributed by atoms with Gasteiger partial charge in [-0.05, 0) is 61.0 Å². The van der Waals surface area contributed by atoms with Gasteiger partial charge in [0.1, 0.15) is 0 Å². The zero-order valence-electron chi connectivity index (χ0n) is 21.2. The zero-order valence-corrected chi connectivity index (χ0v) is 22.0. The molecule has 0 bridgehead atoms. The number of rotatable bonds is 10. The van der Waals surface area contributed by atoms with E-state index in [2.05, 4.69) is 5.32 Å². The molecule has 0 saturated carbocycles. The van der Waals surface area contributed by atoms with E-state index in [0.29, 0.717) is 29.4 Å². The minimum Gasteiger partial charge on any atom is -0.490 e. The summed E-state index contributed by atoms with van der Waals surface area (Å²) in [6.45, 7) is 3.58. The number of benzene rings is 3. The van der Waals surface area contributed by atoms with E-state index in [1.807, 2.05) is 25.1 Å². The Morgan fingerprint density at radius 2 is 1.79 bits per heavy atom. The molecule has 0 aromatic heterocycles. The highest BCUT2D eigenvalue weighted by Crippen LogP contribution is 2.36. The lowest BCUT2D eigenvalue weighted by molar-refractivity contribution is -0.385. The lowest BCUT2D eigenvalue weighted by Crippen LogP contribution is -2.27. The van der Waals surface area contributed by atoms with Crippen LogP contribution in [-0.2, 0) is 16.1 Å². The predicted molar refractivity (Wildman–Crippen MR) is 148 cm³/mol. The second-order valence-electron chi connectivity index (χ2n) is 8.44. The van der Waals surface area contributed by atoms with Crippen LogP contribution in [0.3, 0.4) is 0 Å². The number of hydrogen-bond acceptors (Lipinski definition) is 8. The number of imide groups is 1. The number of nitrogens with zero attached hydrogens (tertiary/aromatic N) is 2. The highest BCUT2D eigenvalue weighted by Gasteiger charge is 2.36. The van der Waals surface area contributed by atoms with E-state index < -0.39 is 16.1 Å². The second-order valence-corrected chi connectivity index (χ2v) is 9.44. The Balaban J connectivity index is 1.47. The minimum absolute atomic E-state index is 0.162. The number of ether oxygens (including phenoxy) is 2. The van der Waals surface area contributed by atoms with Crippen LogP contribution in [0, 0.1) is 17.0 Å². The zero-order chi connectivity index (χ0) is 27.9. The van der Waals surface area contributed by atoms with Crippen molar-refractivity contribution in [2.24, 2.45) is 0 Å². The van der Waals surface area contributed by atoms with Crippen LogP contribution in [0.25, 0.3) is 6.08 Å². The van der Waals surface area contributed by atoms with Gasteiger partial charge in [-0.2, -0.15) is 0 Å². The average Bonchev–Trinajstić information content (AvgIpc) is 3.17. The lowest BCUT2D eigenvalue weighted by atomic mass is 10.1. The molecule has 3 aromatic carbocycles. The SMILES string of the molecule is CCOc1cc(C=C2SC(=O)N(Cc3ccccc3[N+](=O)[O-])C2=O)ccc1OCC(=O)Nc1ccccc1C. The predicted octanol–water partition coefficient (Wildman–Crippen LogP) is 5.56. The van der Waals surface area contributed by atoms with Crippen LogP contribution < -0.4 is 14.8 Å². The van der Waals surface area contributed by atoms with Crippen molar-refractivity contribution >= 4 is 46.3 Å². The molecule has 200 valence electrons. The number of carbonyl (C=O) groups excluding carboxylic acids is 3. The normalized spacial score (nSPS) is 14.0. The molecule has 3 aromatic rings. The lowest BCUT2D eigenvalue weighted by Gasteiger charge is -2.13. The van der Waals surface area contributed by atoms with Gasteiger partial charge in [-0.15, -0.1) is 0 Å². The van der Waals surface area contributed by atoms with E-state index in [1.54, 1.807) is 43.3 Å². The van der Waals surface area contributed by atoms with Crippen LogP contribution in [-0.4, -0.2) is 40.1 Å². The molecule has 0 radical (unpaired) electrons. The molecular weight excluding hydrogens is 522 g/mol. The van der Waals surface area contributed by atoms with Crippen LogP contribution in [0.1, 0.15) is 23.6 Å². The quantitative estimate of drug-likeness (QED) is 0.199. The maximum atomic E-state index is 13.0. The van der Waals surface area contributed by atoms with Gasteiger partial charge in [0, 0.05) is 17.3 Å². The summed E-state index contributed by atoms with van der Waals surface area (Å²) in [5.41, 5.74) is 2.30. The van der Waals surface area contributed by atoms with Crippen molar-refractivity contribution in [3.8, 4) is 11.5 Å². The first-order valence-electron chi connectivity index (χ1n) is 12.0. The van der Waals surface area contributed by atoms with Crippen LogP contribution in [0.15, 0.2) is 71.6 Å². The van der Waals surface area contributed by atoms with Crippen molar-refractivity contribution in [3.63, 3.8) is 0 Å². The number of aryl methyl sites for hydroxylation is 1. The van der Waals surface area contributed by atoms with Gasteiger partial charge in [-0.1, -0.05) is 42.5 Å². The Morgan fingerprint density at radius 1 is 1.05 bits per heavy atom. The topological polar surface area (TPSA) is 128 Å². The fourth-order valence-corrected chi connectivity index (χ4v) is 4.66. The first-order valence-corrected chi connectivity index (χ1v) is 12.8. The van der Waals surface area contributed by atoms with Gasteiger partial charge >= 0.3 is 0 Å². The number of carbonyl (C=O) groups is 3. The summed E-state index contributed by atoms with van der Waals surface area (Å²) in [5, 5.41) is 13.6. The number of amides is 3. The molecule has 1 saturated heterocycles. The molecule has 1 heterocycles. The molecule has 1 fully saturated rings. The van der Waals surface area contributed by atoms with Crippen molar-refractivity contribution in [1.82, 2.24) is 4.90 Å². The number of nitro benzene ring substituents is 1. The molecule has 1 aliphatic rings. The van der Waals surface area contributed by atoms with E-state index in [4.69, 9.17) is 9.47 Å². The van der Waals surface area contributed by atoms with Gasteiger partial charge in [-0.25, -0.2) is 0 Å². The second kappa shape index (κ2) is 12.3. The maximum Gasteiger partial charge on any atom is 0.293 e. The smallest absolute Gasteiger partial charge is 0.293 e. The monoisotopic (exact) mass is 547 g/mol. The Kier molecular flexibility index (Phi) is 8.62. The third-order valence-corrected chi connectivity index (χ3v) is 6.64. The maximum absolute atomic E-state index is 13.0. The largest absolute Gasteiger partial charge is 0.490 e. The summed E-state index contributed by atoms with van der Waals surface area (Å²) in [6, 6.07) is 18.3. The van der Waals surface area contributed by atoms with Gasteiger partial charge in [0.05, 0.1) is 23.0 Å². The van der Waals surface area contributed by atoms with Crippen LogP contribution >= 0.6 is 11.8 Å². The Hall–Kier alpha value is -4.64. The third kappa shape index (κ3) is 6.63. The average molecular weight is 548 g/mol. The van der Waals surface area contributed by atoms with Gasteiger partial charge < -0.3 is 14.8 Å². The molecule has 0 spiro atoms. The highest BCUT2D eigenvalue weighted by atomic mass is 32.2. The molecule has 11 heteroatoms. The van der Waals surface area contributed by atoms with E-state index >= 15 is 0 Å². The van der Waals surface area contributed by atoms with Gasteiger partial charge in [0.2, 0.25) is 0 Å². The fourth-order valence-electron chi connectivity index (χ4n) is 3.83. The minimum atomic E-state index is -0.547. The summed E-state index contributed by atoms with van der Waals surface area (Å²) in [4.78, 5) is 49.9. The van der Waals surface area contributed by atoms with E-state index in [9.17, 15) is 24.5 Å². The van der Waals surface area contributed by atoms with Gasteiger partial charge in [-0.3, -0.25) is 29.4 Å². The summed E-state index contributed by atoms with van der Waals surface area (Å²) >= 11 is 0.753. The molecule has 1 aliphatic heterocycles. The Bertz CT molecular complexity index is 1470. The number of thioether (sulfide) groups is 1. The van der Waals surface area contributed by atoms with Gasteiger partial charge in [0.15, 0.2) is 18.1 Å². The van der Waals surface area contributed by atoms with Crippen molar-refractivity contribution in [2.75, 3.05) is 18.5 Å². The van der Waals surface area contributed by atoms with E-state index in [-0.39, 0.29) is 35.2 Å². The molecule has 10 nitrogen and oxygen atoms in total. The standard InChI is InChI=1S/C28H25N3O7S/c1-3-37-24-14-19(12-13-23(24)38-17-26(32)29-21-10-6-4-8-18(21)2)15-25-27(33)30(28(34)39-25)16-20-9-5-7-11-22(20)31(35)36/h4-15H,3,16-17H2,1-2H3,(H,29,32). The number of anilines is 1. The van der Waals surface area contributed by atoms with Crippen LogP contribution in [0.4, 0.5) is 16.2 Å². The summed E-state index contributed by atoms with van der Waals surface area (Å²) in [6.07, 6.45) is 1.54. The van der Waals surface area contributed by atoms with Gasteiger partial charge in [0.25, 0.3) is 22.7 Å². The first-order chi connectivity index (χ1) is 18.8. The van der Waals surface area contributed by atoms with Crippen LogP contribution in [0.2, 0.25) is 0 Å². The van der Waals surface area contributed by atoms with Crippen molar-refractivity contribution in [3.05, 3.63) is 98.4 Å². The summed E-state index contributed by atoms with van der Waals surface area (Å²) < 4.78 is 11.4. The highest BCUT2D eigenvalue weighted by molar-refractivity contribution is 8.18. The van der Waals surface area contributed by atoms with E-state index in [1.165, 1.54) is 18.2 Å². The number of nitrogens with one attached hydrogen (secondary N) is 1. The number of para-hydroxylation sites is 2. The first kappa shape index (κ1) is 27.4. The Labute approximate surface area is 228 Å². The number of nitro groups is 1.